The summed E-state index contributed by atoms with van der Waals surface area (Å²) in [6.45, 7) is 4.51. The monoisotopic (exact) mass is 275 g/mol. The first kappa shape index (κ1) is 13.4. The molecule has 2 aliphatic rings. The lowest BCUT2D eigenvalue weighted by Gasteiger charge is -2.36. The molecule has 1 atom stereocenters. The third-order valence-corrected chi connectivity index (χ3v) is 4.50. The Morgan fingerprint density at radius 3 is 3.10 bits per heavy atom. The summed E-state index contributed by atoms with van der Waals surface area (Å²) in [5, 5.41) is 8.78. The highest BCUT2D eigenvalue weighted by Gasteiger charge is 2.42. The van der Waals surface area contributed by atoms with Gasteiger partial charge < -0.3 is 9.84 Å². The summed E-state index contributed by atoms with van der Waals surface area (Å²) in [6.07, 6.45) is 3.31. The van der Waals surface area contributed by atoms with Gasteiger partial charge in [0.25, 0.3) is 0 Å². The van der Waals surface area contributed by atoms with Gasteiger partial charge >= 0.3 is 5.97 Å². The number of aliphatic carboxylic acids is 1. The molecule has 4 nitrogen and oxygen atoms in total. The highest BCUT2D eigenvalue weighted by Crippen LogP contribution is 2.40. The molecule has 0 radical (unpaired) electrons. The Morgan fingerprint density at radius 2 is 2.30 bits per heavy atom. The fourth-order valence-corrected chi connectivity index (χ4v) is 3.35. The number of rotatable bonds is 3. The maximum absolute atomic E-state index is 10.7. The summed E-state index contributed by atoms with van der Waals surface area (Å²) in [5.74, 6) is 0.329. The second-order valence-electron chi connectivity index (χ2n) is 6.02. The van der Waals surface area contributed by atoms with E-state index in [0.717, 1.165) is 38.1 Å². The first-order valence-electron chi connectivity index (χ1n) is 7.30. The third kappa shape index (κ3) is 2.52. The van der Waals surface area contributed by atoms with Crippen molar-refractivity contribution in [2.75, 3.05) is 19.6 Å². The smallest absolute Gasteiger partial charge is 0.304 e. The van der Waals surface area contributed by atoms with E-state index in [-0.39, 0.29) is 12.0 Å². The number of carboxylic acid groups (broad SMARTS) is 1. The molecule has 20 heavy (non-hydrogen) atoms. The predicted molar refractivity (Wildman–Crippen MR) is 76.2 cm³/mol. The first-order chi connectivity index (χ1) is 9.58. The fraction of sp³-hybridized carbons (Fsp3) is 0.562. The lowest BCUT2D eigenvalue weighted by Crippen LogP contribution is -2.42. The summed E-state index contributed by atoms with van der Waals surface area (Å²) in [4.78, 5) is 12.9. The molecule has 1 aromatic rings. The van der Waals surface area contributed by atoms with Gasteiger partial charge in [0.1, 0.15) is 11.4 Å². The number of benzene rings is 1. The van der Waals surface area contributed by atoms with Crippen LogP contribution in [-0.4, -0.2) is 41.2 Å². The van der Waals surface area contributed by atoms with Crippen LogP contribution in [0.25, 0.3) is 0 Å². The number of hydrogen-bond acceptors (Lipinski definition) is 3. The molecular formula is C16H21NO3. The van der Waals surface area contributed by atoms with Gasteiger partial charge in [0.05, 0.1) is 6.42 Å². The third-order valence-electron chi connectivity index (χ3n) is 4.50. The van der Waals surface area contributed by atoms with Crippen molar-refractivity contribution in [3.05, 3.63) is 29.3 Å². The molecule has 2 aliphatic heterocycles. The highest BCUT2D eigenvalue weighted by molar-refractivity contribution is 5.66. The van der Waals surface area contributed by atoms with Crippen molar-refractivity contribution in [3.63, 3.8) is 0 Å². The van der Waals surface area contributed by atoms with Gasteiger partial charge in [-0.05, 0) is 30.9 Å². The zero-order chi connectivity index (χ0) is 14.2. The van der Waals surface area contributed by atoms with Gasteiger partial charge in [-0.15, -0.1) is 0 Å². The normalized spacial score (nSPS) is 25.4. The lowest BCUT2D eigenvalue weighted by atomic mass is 9.89. The number of nitrogens with zero attached hydrogens (tertiary/aromatic N) is 1. The number of fused-ring (bicyclic) bond motifs is 1. The van der Waals surface area contributed by atoms with Gasteiger partial charge in [-0.3, -0.25) is 9.69 Å². The minimum atomic E-state index is -0.725. The van der Waals surface area contributed by atoms with E-state index in [1.807, 2.05) is 0 Å². The second kappa shape index (κ2) is 5.09. The SMILES string of the molecule is Cc1cccc2c1OC1(CC2)CCN(CCC(=O)O)C1. The van der Waals surface area contributed by atoms with E-state index < -0.39 is 5.97 Å². The summed E-state index contributed by atoms with van der Waals surface area (Å²) in [5.41, 5.74) is 2.41. The van der Waals surface area contributed by atoms with Crippen LogP contribution in [0.4, 0.5) is 0 Å². The summed E-state index contributed by atoms with van der Waals surface area (Å²) in [7, 11) is 0. The molecule has 0 amide bonds. The molecule has 0 bridgehead atoms. The van der Waals surface area contributed by atoms with Gasteiger partial charge in [0.15, 0.2) is 0 Å². The van der Waals surface area contributed by atoms with E-state index in [0.29, 0.717) is 6.54 Å². The molecule has 108 valence electrons. The van der Waals surface area contributed by atoms with E-state index in [4.69, 9.17) is 9.84 Å². The number of carbonyl (C=O) groups is 1. The van der Waals surface area contributed by atoms with Crippen molar-refractivity contribution in [3.8, 4) is 5.75 Å². The Balaban J connectivity index is 1.70. The van der Waals surface area contributed by atoms with Gasteiger partial charge in [0.2, 0.25) is 0 Å². The molecule has 1 saturated heterocycles. The van der Waals surface area contributed by atoms with Crippen LogP contribution in [0.3, 0.4) is 0 Å². The van der Waals surface area contributed by atoms with Crippen molar-refractivity contribution in [2.45, 2.75) is 38.2 Å². The van der Waals surface area contributed by atoms with Crippen molar-refractivity contribution in [2.24, 2.45) is 0 Å². The van der Waals surface area contributed by atoms with Crippen LogP contribution in [0.15, 0.2) is 18.2 Å². The molecule has 1 spiro atoms. The van der Waals surface area contributed by atoms with Crippen LogP contribution in [0.5, 0.6) is 5.75 Å². The minimum Gasteiger partial charge on any atom is -0.485 e. The number of aryl methyl sites for hydroxylation is 2. The van der Waals surface area contributed by atoms with E-state index >= 15 is 0 Å². The largest absolute Gasteiger partial charge is 0.485 e. The average molecular weight is 275 g/mol. The first-order valence-corrected chi connectivity index (χ1v) is 7.30. The van der Waals surface area contributed by atoms with E-state index in [9.17, 15) is 4.79 Å². The quantitative estimate of drug-likeness (QED) is 0.919. The second-order valence-corrected chi connectivity index (χ2v) is 6.02. The average Bonchev–Trinajstić information content (AvgIpc) is 2.81. The Labute approximate surface area is 119 Å². The van der Waals surface area contributed by atoms with Crippen molar-refractivity contribution < 1.29 is 14.6 Å². The van der Waals surface area contributed by atoms with Crippen molar-refractivity contribution in [1.82, 2.24) is 4.90 Å². The van der Waals surface area contributed by atoms with Crippen molar-refractivity contribution in [1.29, 1.82) is 0 Å². The van der Waals surface area contributed by atoms with Crippen molar-refractivity contribution >= 4 is 5.97 Å². The van der Waals surface area contributed by atoms with Crippen LogP contribution in [0.1, 0.15) is 30.4 Å². The summed E-state index contributed by atoms with van der Waals surface area (Å²) >= 11 is 0. The molecule has 0 aromatic heterocycles. The molecule has 4 heteroatoms. The van der Waals surface area contributed by atoms with Crippen LogP contribution in [-0.2, 0) is 11.2 Å². The van der Waals surface area contributed by atoms with Crippen LogP contribution >= 0.6 is 0 Å². The molecular weight excluding hydrogens is 254 g/mol. The molecule has 0 aliphatic carbocycles. The maximum atomic E-state index is 10.7. The minimum absolute atomic E-state index is 0.0996. The van der Waals surface area contributed by atoms with Crippen LogP contribution < -0.4 is 4.74 Å². The van der Waals surface area contributed by atoms with Gasteiger partial charge in [-0.25, -0.2) is 0 Å². The lowest BCUT2D eigenvalue weighted by molar-refractivity contribution is -0.137. The topological polar surface area (TPSA) is 49.8 Å². The van der Waals surface area contributed by atoms with Gasteiger partial charge in [0, 0.05) is 26.1 Å². The Hall–Kier alpha value is -1.55. The molecule has 1 N–H and O–H groups in total. The maximum Gasteiger partial charge on any atom is 0.304 e. The molecule has 1 fully saturated rings. The van der Waals surface area contributed by atoms with E-state index in [1.54, 1.807) is 0 Å². The number of ether oxygens (including phenoxy) is 1. The number of likely N-dealkylation sites (tertiary alicyclic amines) is 1. The zero-order valence-corrected chi connectivity index (χ0v) is 11.9. The Kier molecular flexibility index (Phi) is 3.42. The van der Waals surface area contributed by atoms with E-state index in [2.05, 4.69) is 30.0 Å². The Morgan fingerprint density at radius 1 is 1.45 bits per heavy atom. The zero-order valence-electron chi connectivity index (χ0n) is 11.9. The van der Waals surface area contributed by atoms with E-state index in [1.165, 1.54) is 11.1 Å². The fourth-order valence-electron chi connectivity index (χ4n) is 3.35. The molecule has 1 unspecified atom stereocenters. The summed E-state index contributed by atoms with van der Waals surface area (Å²) in [6, 6.07) is 6.32. The van der Waals surface area contributed by atoms with Gasteiger partial charge in [-0.2, -0.15) is 0 Å². The predicted octanol–water partition coefficient (Wildman–Crippen LogP) is 2.24. The number of carboxylic acids is 1. The van der Waals surface area contributed by atoms with Gasteiger partial charge in [-0.1, -0.05) is 18.2 Å². The molecule has 0 saturated carbocycles. The molecule has 3 rings (SSSR count). The summed E-state index contributed by atoms with van der Waals surface area (Å²) < 4.78 is 6.36. The Bertz CT molecular complexity index is 528. The molecule has 2 heterocycles. The van der Waals surface area contributed by atoms with Crippen LogP contribution in [0.2, 0.25) is 0 Å². The highest BCUT2D eigenvalue weighted by atomic mass is 16.5. The standard InChI is InChI=1S/C16H21NO3/c1-12-3-2-4-13-5-7-16(20-15(12)13)8-10-17(11-16)9-6-14(18)19/h2-4H,5-11H2,1H3,(H,18,19). The van der Waals surface area contributed by atoms with Crippen LogP contribution in [0, 0.1) is 6.92 Å². The number of para-hydroxylation sites is 1. The number of hydrogen-bond donors (Lipinski definition) is 1. The molecule has 1 aromatic carbocycles.